The summed E-state index contributed by atoms with van der Waals surface area (Å²) < 4.78 is 46.2. The Kier molecular flexibility index (Phi) is 7.13. The predicted octanol–water partition coefficient (Wildman–Crippen LogP) is 2.72. The molecular weight excluding hydrogens is 392 g/mol. The number of ether oxygens (including phenoxy) is 3. The average Bonchev–Trinajstić information content (AvgIpc) is 2.71. The Hall–Kier alpha value is -2.13. The van der Waals surface area contributed by atoms with Gasteiger partial charge in [0.15, 0.2) is 11.5 Å². The van der Waals surface area contributed by atoms with E-state index in [0.717, 1.165) is 11.1 Å². The summed E-state index contributed by atoms with van der Waals surface area (Å²) in [5, 5.41) is 0. The quantitative estimate of drug-likeness (QED) is 0.711. The van der Waals surface area contributed by atoms with Crippen LogP contribution in [0.5, 0.6) is 11.5 Å². The molecule has 2 atom stereocenters. The van der Waals surface area contributed by atoms with Crippen molar-refractivity contribution in [3.8, 4) is 11.5 Å². The van der Waals surface area contributed by atoms with E-state index in [2.05, 4.69) is 4.72 Å². The van der Waals surface area contributed by atoms with Gasteiger partial charge < -0.3 is 14.2 Å². The molecule has 1 saturated heterocycles. The summed E-state index contributed by atoms with van der Waals surface area (Å²) in [7, 11) is -2.03. The molecule has 29 heavy (non-hydrogen) atoms. The first kappa shape index (κ1) is 21.6. The molecule has 1 aliphatic heterocycles. The first-order chi connectivity index (χ1) is 13.9. The van der Waals surface area contributed by atoms with Crippen molar-refractivity contribution in [2.24, 2.45) is 0 Å². The van der Waals surface area contributed by atoms with Crippen LogP contribution in [0, 0.1) is 0 Å². The van der Waals surface area contributed by atoms with E-state index in [1.54, 1.807) is 19.2 Å². The van der Waals surface area contributed by atoms with E-state index in [-0.39, 0.29) is 18.8 Å². The molecule has 7 nitrogen and oxygen atoms in total. The Balaban J connectivity index is 1.62. The molecule has 0 aromatic heterocycles. The van der Waals surface area contributed by atoms with Crippen LogP contribution >= 0.6 is 0 Å². The van der Waals surface area contributed by atoms with Crippen molar-refractivity contribution in [1.29, 1.82) is 0 Å². The molecule has 1 N–H and O–H groups in total. The minimum Gasteiger partial charge on any atom is -0.493 e. The summed E-state index contributed by atoms with van der Waals surface area (Å²) in [5.74, 6) is 1.17. The minimum absolute atomic E-state index is 0.128. The van der Waals surface area contributed by atoms with E-state index >= 15 is 0 Å². The lowest BCUT2D eigenvalue weighted by molar-refractivity contribution is -0.0444. The van der Waals surface area contributed by atoms with Gasteiger partial charge in [0.05, 0.1) is 19.3 Å². The van der Waals surface area contributed by atoms with E-state index in [1.165, 1.54) is 4.31 Å². The molecule has 0 radical (unpaired) electrons. The molecule has 2 aromatic rings. The first-order valence-electron chi connectivity index (χ1n) is 9.61. The van der Waals surface area contributed by atoms with Gasteiger partial charge in [0.1, 0.15) is 6.61 Å². The smallest absolute Gasteiger partial charge is 0.279 e. The van der Waals surface area contributed by atoms with Crippen LogP contribution in [0.1, 0.15) is 25.0 Å². The van der Waals surface area contributed by atoms with Gasteiger partial charge in [-0.1, -0.05) is 36.4 Å². The summed E-state index contributed by atoms with van der Waals surface area (Å²) in [6.07, 6.45) is -0.257. The number of benzene rings is 2. The molecule has 0 bridgehead atoms. The number of methoxy groups -OCH3 is 1. The highest BCUT2D eigenvalue weighted by Crippen LogP contribution is 2.29. The van der Waals surface area contributed by atoms with Crippen LogP contribution in [-0.2, 0) is 28.1 Å². The number of nitrogens with one attached hydrogen (secondary N) is 1. The fourth-order valence-electron chi connectivity index (χ4n) is 3.27. The Bertz CT molecular complexity index is 895. The molecule has 0 saturated carbocycles. The standard InChI is InChI=1S/C21H28N2O5S/c1-16-13-23(14-17(2)28-16)29(24,25)22-12-19-9-10-20(21(11-19)26-3)27-15-18-7-5-4-6-8-18/h4-11,16-17,22H,12-15H2,1-3H3/t16-,17-/m0/s1. The summed E-state index contributed by atoms with van der Waals surface area (Å²) in [4.78, 5) is 0. The van der Waals surface area contributed by atoms with Crippen molar-refractivity contribution in [3.05, 3.63) is 59.7 Å². The van der Waals surface area contributed by atoms with Crippen molar-refractivity contribution in [2.75, 3.05) is 20.2 Å². The number of hydrogen-bond donors (Lipinski definition) is 1. The van der Waals surface area contributed by atoms with Crippen molar-refractivity contribution >= 4 is 10.2 Å². The fourth-order valence-corrected chi connectivity index (χ4v) is 4.61. The third-order valence-electron chi connectivity index (χ3n) is 4.65. The van der Waals surface area contributed by atoms with Crippen LogP contribution in [-0.4, -0.2) is 45.1 Å². The average molecular weight is 421 g/mol. The molecule has 158 valence electrons. The van der Waals surface area contributed by atoms with Crippen LogP contribution in [0.2, 0.25) is 0 Å². The molecule has 0 spiro atoms. The molecular formula is C21H28N2O5S. The molecule has 1 heterocycles. The highest BCUT2D eigenvalue weighted by atomic mass is 32.2. The van der Waals surface area contributed by atoms with E-state index in [0.29, 0.717) is 31.2 Å². The van der Waals surface area contributed by atoms with Crippen LogP contribution in [0.15, 0.2) is 48.5 Å². The number of nitrogens with zero attached hydrogens (tertiary/aromatic N) is 1. The maximum atomic E-state index is 12.6. The fraction of sp³-hybridized carbons (Fsp3) is 0.429. The van der Waals surface area contributed by atoms with E-state index in [4.69, 9.17) is 14.2 Å². The second-order valence-electron chi connectivity index (χ2n) is 7.16. The van der Waals surface area contributed by atoms with Gasteiger partial charge in [-0.2, -0.15) is 17.4 Å². The monoisotopic (exact) mass is 420 g/mol. The Morgan fingerprint density at radius 3 is 2.38 bits per heavy atom. The lowest BCUT2D eigenvalue weighted by Gasteiger charge is -2.34. The lowest BCUT2D eigenvalue weighted by Crippen LogP contribution is -2.51. The van der Waals surface area contributed by atoms with Gasteiger partial charge in [-0.25, -0.2) is 0 Å². The van der Waals surface area contributed by atoms with Crippen molar-refractivity contribution in [3.63, 3.8) is 0 Å². The summed E-state index contributed by atoms with van der Waals surface area (Å²) in [5.41, 5.74) is 1.84. The minimum atomic E-state index is -3.59. The zero-order chi connectivity index (χ0) is 20.9. The summed E-state index contributed by atoms with van der Waals surface area (Å²) >= 11 is 0. The Morgan fingerprint density at radius 2 is 1.72 bits per heavy atom. The predicted molar refractivity (Wildman–Crippen MR) is 111 cm³/mol. The van der Waals surface area contributed by atoms with E-state index < -0.39 is 10.2 Å². The van der Waals surface area contributed by atoms with Crippen LogP contribution in [0.25, 0.3) is 0 Å². The second-order valence-corrected chi connectivity index (χ2v) is 8.92. The van der Waals surface area contributed by atoms with Crippen LogP contribution in [0.4, 0.5) is 0 Å². The highest BCUT2D eigenvalue weighted by Gasteiger charge is 2.30. The molecule has 0 amide bonds. The van der Waals surface area contributed by atoms with Crippen molar-refractivity contribution in [2.45, 2.75) is 39.2 Å². The zero-order valence-corrected chi connectivity index (χ0v) is 17.8. The number of hydrogen-bond acceptors (Lipinski definition) is 5. The molecule has 0 unspecified atom stereocenters. The lowest BCUT2D eigenvalue weighted by atomic mass is 10.2. The van der Waals surface area contributed by atoms with Gasteiger partial charge in [-0.15, -0.1) is 0 Å². The first-order valence-corrected chi connectivity index (χ1v) is 11.0. The van der Waals surface area contributed by atoms with Gasteiger partial charge in [-0.05, 0) is 37.1 Å². The maximum absolute atomic E-state index is 12.6. The molecule has 1 fully saturated rings. The van der Waals surface area contributed by atoms with Crippen LogP contribution < -0.4 is 14.2 Å². The number of morpholine rings is 1. The largest absolute Gasteiger partial charge is 0.493 e. The van der Waals surface area contributed by atoms with Gasteiger partial charge in [0, 0.05) is 19.6 Å². The molecule has 3 rings (SSSR count). The zero-order valence-electron chi connectivity index (χ0n) is 17.0. The maximum Gasteiger partial charge on any atom is 0.279 e. The van der Waals surface area contributed by atoms with Crippen LogP contribution in [0.3, 0.4) is 0 Å². The van der Waals surface area contributed by atoms with E-state index in [9.17, 15) is 8.42 Å². The van der Waals surface area contributed by atoms with Crippen molar-refractivity contribution in [1.82, 2.24) is 9.03 Å². The molecule has 2 aromatic carbocycles. The normalized spacial score (nSPS) is 20.4. The summed E-state index contributed by atoms with van der Waals surface area (Å²) in [6.45, 7) is 5.02. The number of rotatable bonds is 8. The van der Waals surface area contributed by atoms with Gasteiger partial charge in [0.2, 0.25) is 0 Å². The molecule has 0 aliphatic carbocycles. The second kappa shape index (κ2) is 9.58. The summed E-state index contributed by atoms with van der Waals surface area (Å²) in [6, 6.07) is 15.3. The molecule has 8 heteroatoms. The SMILES string of the molecule is COc1cc(CNS(=O)(=O)N2C[C@H](C)O[C@@H](C)C2)ccc1OCc1ccccc1. The Labute approximate surface area is 172 Å². The third-order valence-corrected chi connectivity index (χ3v) is 6.14. The van der Waals surface area contributed by atoms with Gasteiger partial charge >= 0.3 is 0 Å². The van der Waals surface area contributed by atoms with Gasteiger partial charge in [0.25, 0.3) is 10.2 Å². The third kappa shape index (κ3) is 5.93. The van der Waals surface area contributed by atoms with E-state index in [1.807, 2.05) is 50.2 Å². The van der Waals surface area contributed by atoms with Crippen molar-refractivity contribution < 1.29 is 22.6 Å². The van der Waals surface area contributed by atoms with Gasteiger partial charge in [-0.3, -0.25) is 0 Å². The topological polar surface area (TPSA) is 77.1 Å². The molecule has 1 aliphatic rings. The highest BCUT2D eigenvalue weighted by molar-refractivity contribution is 7.87. The Morgan fingerprint density at radius 1 is 1.03 bits per heavy atom.